The molecule has 3 aromatic rings. The molecule has 0 fully saturated rings. The van der Waals surface area contributed by atoms with Crippen molar-refractivity contribution in [2.24, 2.45) is 0 Å². The highest BCUT2D eigenvalue weighted by Crippen LogP contribution is 2.35. The molecule has 0 aliphatic rings. The van der Waals surface area contributed by atoms with E-state index in [4.69, 9.17) is 0 Å². The maximum atomic E-state index is 13.1. The molecule has 2 N–H and O–H groups in total. The number of non-ortho nitro benzene ring substituents is 1. The average molecular weight is 380 g/mol. The number of nitro groups is 1. The molecule has 0 unspecified atom stereocenters. The Balaban J connectivity index is 2.12. The molecule has 0 saturated heterocycles. The van der Waals surface area contributed by atoms with Gasteiger partial charge in [-0.1, -0.05) is 24.3 Å². The van der Waals surface area contributed by atoms with Crippen LogP contribution in [0.15, 0.2) is 60.7 Å². The lowest BCUT2D eigenvalue weighted by molar-refractivity contribution is -0.384. The van der Waals surface area contributed by atoms with Crippen LogP contribution in [-0.4, -0.2) is 23.0 Å². The third-order valence-corrected chi connectivity index (χ3v) is 4.33. The molecule has 3 rings (SSSR count). The van der Waals surface area contributed by atoms with Crippen molar-refractivity contribution in [3.8, 4) is 16.9 Å². The van der Waals surface area contributed by atoms with E-state index < -0.39 is 10.8 Å². The van der Waals surface area contributed by atoms with E-state index in [2.05, 4.69) is 5.32 Å². The van der Waals surface area contributed by atoms with Crippen LogP contribution < -0.4 is 5.32 Å². The summed E-state index contributed by atoms with van der Waals surface area (Å²) in [5, 5.41) is 24.2. The van der Waals surface area contributed by atoms with Gasteiger partial charge in [-0.2, -0.15) is 0 Å². The van der Waals surface area contributed by atoms with Gasteiger partial charge in [0.25, 0.3) is 11.6 Å². The molecule has 3 aromatic carbocycles. The number of amides is 1. The smallest absolute Gasteiger partial charge is 0.270 e. The van der Waals surface area contributed by atoms with Gasteiger partial charge in [0, 0.05) is 24.7 Å². The van der Waals surface area contributed by atoms with Crippen LogP contribution in [0.25, 0.3) is 11.1 Å². The topological polar surface area (TPSA) is 92.5 Å². The average Bonchev–Trinajstić information content (AvgIpc) is 2.70. The molecule has 1 amide bonds. The second kappa shape index (κ2) is 7.87. The number of benzene rings is 3. The SMILES string of the molecule is CNC(=O)c1cc(Cc2ccc(F)cc2)cc(-c2cccc([N+](=O)[O-])c2)c1O. The number of phenols is 1. The molecule has 0 aromatic heterocycles. The van der Waals surface area contributed by atoms with E-state index in [1.54, 1.807) is 30.3 Å². The van der Waals surface area contributed by atoms with E-state index in [9.17, 15) is 24.4 Å². The molecule has 0 aliphatic heterocycles. The second-order valence-corrected chi connectivity index (χ2v) is 6.23. The maximum absolute atomic E-state index is 13.1. The predicted molar refractivity (Wildman–Crippen MR) is 103 cm³/mol. The highest BCUT2D eigenvalue weighted by molar-refractivity contribution is 5.99. The minimum absolute atomic E-state index is 0.0589. The largest absolute Gasteiger partial charge is 0.506 e. The minimum Gasteiger partial charge on any atom is -0.506 e. The molecular weight excluding hydrogens is 363 g/mol. The van der Waals surface area contributed by atoms with Crippen molar-refractivity contribution in [2.75, 3.05) is 7.05 Å². The van der Waals surface area contributed by atoms with E-state index in [0.29, 0.717) is 23.1 Å². The number of hydrogen-bond donors (Lipinski definition) is 2. The number of nitro benzene ring substituents is 1. The molecule has 142 valence electrons. The van der Waals surface area contributed by atoms with Crippen LogP contribution in [0.1, 0.15) is 21.5 Å². The summed E-state index contributed by atoms with van der Waals surface area (Å²) in [4.78, 5) is 22.8. The summed E-state index contributed by atoms with van der Waals surface area (Å²) in [6.07, 6.45) is 0.395. The number of carbonyl (C=O) groups excluding carboxylic acids is 1. The lowest BCUT2D eigenvalue weighted by Gasteiger charge is -2.13. The van der Waals surface area contributed by atoms with Gasteiger partial charge in [0.2, 0.25) is 0 Å². The third-order valence-electron chi connectivity index (χ3n) is 4.33. The Labute approximate surface area is 160 Å². The Kier molecular flexibility index (Phi) is 5.35. The van der Waals surface area contributed by atoms with Gasteiger partial charge in [-0.15, -0.1) is 0 Å². The molecule has 0 radical (unpaired) electrons. The second-order valence-electron chi connectivity index (χ2n) is 6.23. The minimum atomic E-state index is -0.525. The zero-order valence-electron chi connectivity index (χ0n) is 15.0. The van der Waals surface area contributed by atoms with Crippen molar-refractivity contribution < 1.29 is 19.2 Å². The van der Waals surface area contributed by atoms with Crippen LogP contribution in [0.5, 0.6) is 5.75 Å². The zero-order chi connectivity index (χ0) is 20.3. The lowest BCUT2D eigenvalue weighted by atomic mass is 9.94. The van der Waals surface area contributed by atoms with E-state index >= 15 is 0 Å². The summed E-state index contributed by atoms with van der Waals surface area (Å²) in [6.45, 7) is 0. The van der Waals surface area contributed by atoms with Crippen molar-refractivity contribution in [1.82, 2.24) is 5.32 Å². The maximum Gasteiger partial charge on any atom is 0.270 e. The Morgan fingerprint density at radius 1 is 1.11 bits per heavy atom. The van der Waals surface area contributed by atoms with Crippen LogP contribution in [0, 0.1) is 15.9 Å². The van der Waals surface area contributed by atoms with Crippen LogP contribution in [0.2, 0.25) is 0 Å². The molecule has 6 nitrogen and oxygen atoms in total. The molecular formula is C21H17FN2O4. The van der Waals surface area contributed by atoms with E-state index in [-0.39, 0.29) is 22.8 Å². The van der Waals surface area contributed by atoms with Crippen molar-refractivity contribution >= 4 is 11.6 Å². The number of hydrogen-bond acceptors (Lipinski definition) is 4. The Morgan fingerprint density at radius 3 is 2.46 bits per heavy atom. The zero-order valence-corrected chi connectivity index (χ0v) is 15.0. The summed E-state index contributed by atoms with van der Waals surface area (Å²) in [5.41, 5.74) is 2.18. The molecule has 7 heteroatoms. The molecule has 0 bridgehead atoms. The predicted octanol–water partition coefficient (Wildman–Crippen LogP) is 4.06. The van der Waals surface area contributed by atoms with E-state index in [0.717, 1.165) is 5.56 Å². The highest BCUT2D eigenvalue weighted by atomic mass is 19.1. The first kappa shape index (κ1) is 19.0. The van der Waals surface area contributed by atoms with E-state index in [1.807, 2.05) is 0 Å². The highest BCUT2D eigenvalue weighted by Gasteiger charge is 2.18. The van der Waals surface area contributed by atoms with Crippen LogP contribution in [0.3, 0.4) is 0 Å². The quantitative estimate of drug-likeness (QED) is 0.516. The number of carbonyl (C=O) groups is 1. The third kappa shape index (κ3) is 3.98. The molecule has 28 heavy (non-hydrogen) atoms. The first-order valence-corrected chi connectivity index (χ1v) is 8.46. The van der Waals surface area contributed by atoms with Crippen molar-refractivity contribution in [3.63, 3.8) is 0 Å². The summed E-state index contributed by atoms with van der Waals surface area (Å²) < 4.78 is 13.1. The van der Waals surface area contributed by atoms with Crippen LogP contribution in [-0.2, 0) is 6.42 Å². The fraction of sp³-hybridized carbons (Fsp3) is 0.0952. The fourth-order valence-electron chi connectivity index (χ4n) is 2.95. The first-order chi connectivity index (χ1) is 13.4. The Morgan fingerprint density at radius 2 is 1.82 bits per heavy atom. The molecule has 0 heterocycles. The van der Waals surface area contributed by atoms with Crippen molar-refractivity contribution in [3.05, 3.63) is 93.3 Å². The number of nitrogens with one attached hydrogen (secondary N) is 1. The number of rotatable bonds is 5. The normalized spacial score (nSPS) is 10.5. The molecule has 0 saturated carbocycles. The van der Waals surface area contributed by atoms with Crippen LogP contribution >= 0.6 is 0 Å². The van der Waals surface area contributed by atoms with Gasteiger partial charge in [-0.05, 0) is 47.4 Å². The Hall–Kier alpha value is -3.74. The van der Waals surface area contributed by atoms with Crippen molar-refractivity contribution in [1.29, 1.82) is 0 Å². The summed E-state index contributed by atoms with van der Waals surface area (Å²) in [6, 6.07) is 15.0. The first-order valence-electron chi connectivity index (χ1n) is 8.46. The van der Waals surface area contributed by atoms with Gasteiger partial charge in [-0.25, -0.2) is 4.39 Å². The lowest BCUT2D eigenvalue weighted by Crippen LogP contribution is -2.18. The van der Waals surface area contributed by atoms with Gasteiger partial charge in [0.05, 0.1) is 10.5 Å². The fourth-order valence-corrected chi connectivity index (χ4v) is 2.95. The van der Waals surface area contributed by atoms with Gasteiger partial charge in [0.15, 0.2) is 0 Å². The summed E-state index contributed by atoms with van der Waals surface area (Å²) in [7, 11) is 1.45. The van der Waals surface area contributed by atoms with Crippen LogP contribution in [0.4, 0.5) is 10.1 Å². The van der Waals surface area contributed by atoms with Crippen molar-refractivity contribution in [2.45, 2.75) is 6.42 Å². The number of aromatic hydroxyl groups is 1. The number of halogens is 1. The number of nitrogens with zero attached hydrogens (tertiary/aromatic N) is 1. The number of phenolic OH excluding ortho intramolecular Hbond substituents is 1. The van der Waals surface area contributed by atoms with Gasteiger partial charge in [-0.3, -0.25) is 14.9 Å². The van der Waals surface area contributed by atoms with Gasteiger partial charge < -0.3 is 10.4 Å². The molecule has 0 aliphatic carbocycles. The Bertz CT molecular complexity index is 1050. The monoisotopic (exact) mass is 380 g/mol. The van der Waals surface area contributed by atoms with Gasteiger partial charge in [0.1, 0.15) is 11.6 Å². The summed E-state index contributed by atoms with van der Waals surface area (Å²) in [5.74, 6) is -1.09. The summed E-state index contributed by atoms with van der Waals surface area (Å²) >= 11 is 0. The van der Waals surface area contributed by atoms with E-state index in [1.165, 1.54) is 37.4 Å². The molecule has 0 spiro atoms. The molecule has 0 atom stereocenters. The van der Waals surface area contributed by atoms with Gasteiger partial charge >= 0.3 is 0 Å². The standard InChI is InChI=1S/C21H17FN2O4/c1-23-21(26)19-11-14(9-13-5-7-16(22)8-6-13)10-18(20(19)25)15-3-2-4-17(12-15)24(27)28/h2-8,10-12,25H,9H2,1H3,(H,23,26).